The van der Waals surface area contributed by atoms with Gasteiger partial charge in [-0.25, -0.2) is 19.6 Å². The van der Waals surface area contributed by atoms with Crippen LogP contribution in [0.5, 0.6) is 0 Å². The van der Waals surface area contributed by atoms with Crippen LogP contribution in [-0.2, 0) is 11.2 Å². The number of nitrogens with zero attached hydrogens (tertiary/aromatic N) is 6. The zero-order valence-corrected chi connectivity index (χ0v) is 12.0. The highest BCUT2D eigenvalue weighted by Crippen LogP contribution is 2.14. The topological polar surface area (TPSA) is 112 Å². The van der Waals surface area contributed by atoms with Crippen molar-refractivity contribution in [3.63, 3.8) is 0 Å². The Balaban J connectivity index is 1.73. The maximum atomic E-state index is 12.1. The normalized spacial score (nSPS) is 10.6. The first kappa shape index (κ1) is 13.9. The van der Waals surface area contributed by atoms with E-state index in [1.807, 2.05) is 0 Å². The van der Waals surface area contributed by atoms with Crippen molar-refractivity contribution in [1.82, 2.24) is 29.9 Å². The van der Waals surface area contributed by atoms with E-state index >= 15 is 0 Å². The zero-order chi connectivity index (χ0) is 15.5. The fraction of sp³-hybridized carbons (Fsp3) is 0.231. The molecule has 0 aliphatic rings. The van der Waals surface area contributed by atoms with Crippen molar-refractivity contribution in [2.24, 2.45) is 0 Å². The molecule has 0 saturated heterocycles. The Bertz CT molecular complexity index is 775. The summed E-state index contributed by atoms with van der Waals surface area (Å²) in [5, 5.41) is 10.5. The Kier molecular flexibility index (Phi) is 3.60. The summed E-state index contributed by atoms with van der Waals surface area (Å²) in [4.78, 5) is 24.0. The number of rotatable bonds is 4. The first-order chi connectivity index (χ1) is 10.6. The number of carbonyl (C=O) groups excluding carboxylic acids is 1. The van der Waals surface area contributed by atoms with Crippen molar-refractivity contribution in [2.75, 3.05) is 5.32 Å². The molecule has 22 heavy (non-hydrogen) atoms. The molecular formula is C13H13N7O2. The summed E-state index contributed by atoms with van der Waals surface area (Å²) in [6.07, 6.45) is 4.43. The van der Waals surface area contributed by atoms with E-state index < -0.39 is 0 Å². The van der Waals surface area contributed by atoms with Gasteiger partial charge in [0, 0.05) is 11.6 Å². The van der Waals surface area contributed by atoms with Crippen LogP contribution in [0.2, 0.25) is 0 Å². The second-order valence-electron chi connectivity index (χ2n) is 4.63. The van der Waals surface area contributed by atoms with Gasteiger partial charge in [-0.1, -0.05) is 5.16 Å². The number of hydrogen-bond acceptors (Lipinski definition) is 7. The SMILES string of the molecule is Cc1noc(C)c1CC(=O)Nc1cc(-n2cncn2)ncn1. The minimum atomic E-state index is -0.211. The van der Waals surface area contributed by atoms with E-state index in [0.717, 1.165) is 5.56 Å². The summed E-state index contributed by atoms with van der Waals surface area (Å²) in [6, 6.07) is 1.61. The third kappa shape index (κ3) is 2.82. The number of anilines is 1. The van der Waals surface area contributed by atoms with Crippen LogP contribution in [-0.4, -0.2) is 35.8 Å². The van der Waals surface area contributed by atoms with Crippen LogP contribution >= 0.6 is 0 Å². The van der Waals surface area contributed by atoms with Gasteiger partial charge in [-0.15, -0.1) is 0 Å². The third-order valence-corrected chi connectivity index (χ3v) is 3.09. The van der Waals surface area contributed by atoms with Crippen LogP contribution in [0.3, 0.4) is 0 Å². The molecule has 1 N–H and O–H groups in total. The minimum Gasteiger partial charge on any atom is -0.361 e. The molecular weight excluding hydrogens is 286 g/mol. The summed E-state index contributed by atoms with van der Waals surface area (Å²) in [5.41, 5.74) is 1.49. The highest BCUT2D eigenvalue weighted by atomic mass is 16.5. The molecule has 0 unspecified atom stereocenters. The molecule has 0 aliphatic heterocycles. The van der Waals surface area contributed by atoms with Crippen molar-refractivity contribution >= 4 is 11.7 Å². The quantitative estimate of drug-likeness (QED) is 0.759. The van der Waals surface area contributed by atoms with Crippen molar-refractivity contribution in [3.8, 4) is 5.82 Å². The van der Waals surface area contributed by atoms with Gasteiger partial charge < -0.3 is 9.84 Å². The average molecular weight is 299 g/mol. The van der Waals surface area contributed by atoms with Gasteiger partial charge in [-0.2, -0.15) is 5.10 Å². The predicted molar refractivity (Wildman–Crippen MR) is 75.3 cm³/mol. The van der Waals surface area contributed by atoms with E-state index in [0.29, 0.717) is 23.1 Å². The van der Waals surface area contributed by atoms with Crippen molar-refractivity contribution in [3.05, 3.63) is 42.1 Å². The van der Waals surface area contributed by atoms with Crippen LogP contribution in [0, 0.1) is 13.8 Å². The van der Waals surface area contributed by atoms with Crippen LogP contribution < -0.4 is 5.32 Å². The monoisotopic (exact) mass is 299 g/mol. The van der Waals surface area contributed by atoms with E-state index in [1.165, 1.54) is 23.7 Å². The van der Waals surface area contributed by atoms with Gasteiger partial charge in [0.05, 0.1) is 12.1 Å². The Morgan fingerprint density at radius 3 is 2.86 bits per heavy atom. The van der Waals surface area contributed by atoms with E-state index in [4.69, 9.17) is 4.52 Å². The number of hydrogen-bond donors (Lipinski definition) is 1. The van der Waals surface area contributed by atoms with E-state index in [-0.39, 0.29) is 12.3 Å². The van der Waals surface area contributed by atoms with Crippen LogP contribution in [0.1, 0.15) is 17.0 Å². The number of nitrogens with one attached hydrogen (secondary N) is 1. The Hall–Kier alpha value is -3.10. The Labute approximate surface area is 125 Å². The van der Waals surface area contributed by atoms with E-state index in [9.17, 15) is 4.79 Å². The summed E-state index contributed by atoms with van der Waals surface area (Å²) >= 11 is 0. The molecule has 9 heteroatoms. The molecule has 0 aromatic carbocycles. The molecule has 0 saturated carbocycles. The molecule has 0 radical (unpaired) electrons. The molecule has 9 nitrogen and oxygen atoms in total. The largest absolute Gasteiger partial charge is 0.361 e. The molecule has 0 spiro atoms. The molecule has 0 fully saturated rings. The highest BCUT2D eigenvalue weighted by Gasteiger charge is 2.14. The van der Waals surface area contributed by atoms with Gasteiger partial charge in [0.15, 0.2) is 5.82 Å². The Morgan fingerprint density at radius 2 is 2.18 bits per heavy atom. The lowest BCUT2D eigenvalue weighted by Gasteiger charge is -2.05. The molecule has 3 rings (SSSR count). The predicted octanol–water partition coefficient (Wildman–Crippen LogP) is 0.843. The molecule has 0 aliphatic carbocycles. The summed E-state index contributed by atoms with van der Waals surface area (Å²) in [5.74, 6) is 1.33. The number of amides is 1. The maximum Gasteiger partial charge on any atom is 0.230 e. The minimum absolute atomic E-state index is 0.170. The van der Waals surface area contributed by atoms with Crippen molar-refractivity contribution in [2.45, 2.75) is 20.3 Å². The fourth-order valence-electron chi connectivity index (χ4n) is 1.97. The first-order valence-electron chi connectivity index (χ1n) is 6.52. The molecule has 1 amide bonds. The summed E-state index contributed by atoms with van der Waals surface area (Å²) in [7, 11) is 0. The Morgan fingerprint density at radius 1 is 1.32 bits per heavy atom. The van der Waals surface area contributed by atoms with Gasteiger partial charge in [-0.3, -0.25) is 4.79 Å². The van der Waals surface area contributed by atoms with Gasteiger partial charge in [-0.05, 0) is 13.8 Å². The van der Waals surface area contributed by atoms with E-state index in [1.54, 1.807) is 19.9 Å². The van der Waals surface area contributed by atoms with E-state index in [2.05, 4.69) is 30.5 Å². The van der Waals surface area contributed by atoms with Gasteiger partial charge in [0.25, 0.3) is 0 Å². The van der Waals surface area contributed by atoms with Crippen LogP contribution in [0.25, 0.3) is 5.82 Å². The highest BCUT2D eigenvalue weighted by molar-refractivity contribution is 5.91. The molecule has 0 atom stereocenters. The molecule has 3 aromatic rings. The zero-order valence-electron chi connectivity index (χ0n) is 12.0. The summed E-state index contributed by atoms with van der Waals surface area (Å²) < 4.78 is 6.52. The lowest BCUT2D eigenvalue weighted by molar-refractivity contribution is -0.115. The average Bonchev–Trinajstić information content (AvgIpc) is 3.13. The number of aryl methyl sites for hydroxylation is 2. The molecule has 3 aromatic heterocycles. The smallest absolute Gasteiger partial charge is 0.230 e. The standard InChI is InChI=1S/C13H13N7O2/c1-8-10(9(2)22-19-8)3-13(21)18-11-4-12(16-6-15-11)20-7-14-5-17-20/h4-7H,3H2,1-2H3,(H,15,16,18,21). The van der Waals surface area contributed by atoms with Gasteiger partial charge in [0.2, 0.25) is 5.91 Å². The second kappa shape index (κ2) is 5.72. The van der Waals surface area contributed by atoms with Crippen molar-refractivity contribution < 1.29 is 9.32 Å². The summed E-state index contributed by atoms with van der Waals surface area (Å²) in [6.45, 7) is 3.57. The fourth-order valence-corrected chi connectivity index (χ4v) is 1.97. The molecule has 0 bridgehead atoms. The van der Waals surface area contributed by atoms with Crippen LogP contribution in [0.15, 0.2) is 29.6 Å². The van der Waals surface area contributed by atoms with Gasteiger partial charge in [0.1, 0.15) is 30.6 Å². The third-order valence-electron chi connectivity index (χ3n) is 3.09. The lowest BCUT2D eigenvalue weighted by atomic mass is 10.1. The van der Waals surface area contributed by atoms with Gasteiger partial charge >= 0.3 is 0 Å². The lowest BCUT2D eigenvalue weighted by Crippen LogP contribution is -2.16. The first-order valence-corrected chi connectivity index (χ1v) is 6.52. The molecule has 112 valence electrons. The van der Waals surface area contributed by atoms with Crippen LogP contribution in [0.4, 0.5) is 5.82 Å². The second-order valence-corrected chi connectivity index (χ2v) is 4.63. The maximum absolute atomic E-state index is 12.1. The number of aromatic nitrogens is 6. The molecule has 3 heterocycles. The number of carbonyl (C=O) groups is 1. The van der Waals surface area contributed by atoms with Crippen molar-refractivity contribution in [1.29, 1.82) is 0 Å².